The third kappa shape index (κ3) is 5.88. The molecule has 0 aromatic heterocycles. The minimum absolute atomic E-state index is 0.214. The highest BCUT2D eigenvalue weighted by atomic mass is 127. The fourth-order valence-corrected chi connectivity index (χ4v) is 1.71. The van der Waals surface area contributed by atoms with Gasteiger partial charge in [-0.1, -0.05) is 0 Å². The number of hydrogen-bond donors (Lipinski definition) is 3. The van der Waals surface area contributed by atoms with E-state index in [1.165, 1.54) is 7.11 Å². The summed E-state index contributed by atoms with van der Waals surface area (Å²) < 4.78 is 5.85. The fraction of sp³-hybridized carbons (Fsp3) is 0.333. The molecule has 104 valence electrons. The summed E-state index contributed by atoms with van der Waals surface area (Å²) in [6.07, 6.45) is 0.214. The lowest BCUT2D eigenvalue weighted by Crippen LogP contribution is -2.43. The summed E-state index contributed by atoms with van der Waals surface area (Å²) in [5.41, 5.74) is 0.605. The zero-order valence-electron chi connectivity index (χ0n) is 10.4. The zero-order chi connectivity index (χ0) is 14.3. The number of carboxylic acid groups (broad SMARTS) is 1. The monoisotopic (exact) mass is 378 g/mol. The molecule has 1 atom stereocenters. The number of carbonyl (C=O) groups is 2. The number of amides is 2. The number of methoxy groups -OCH3 is 1. The van der Waals surface area contributed by atoms with Gasteiger partial charge in [0.1, 0.15) is 6.04 Å². The fourth-order valence-electron chi connectivity index (χ4n) is 1.35. The van der Waals surface area contributed by atoms with Crippen LogP contribution < -0.4 is 10.6 Å². The normalized spacial score (nSPS) is 11.7. The van der Waals surface area contributed by atoms with E-state index in [4.69, 9.17) is 9.84 Å². The summed E-state index contributed by atoms with van der Waals surface area (Å²) in [4.78, 5) is 22.6. The Hall–Kier alpha value is -1.35. The van der Waals surface area contributed by atoms with Gasteiger partial charge in [-0.3, -0.25) is 0 Å². The number of hydrogen-bond acceptors (Lipinski definition) is 3. The Morgan fingerprint density at radius 1 is 1.37 bits per heavy atom. The van der Waals surface area contributed by atoms with Crippen molar-refractivity contribution in [2.24, 2.45) is 0 Å². The van der Waals surface area contributed by atoms with Gasteiger partial charge < -0.3 is 20.5 Å². The Kier molecular flexibility index (Phi) is 6.57. The third-order valence-electron chi connectivity index (χ3n) is 2.32. The van der Waals surface area contributed by atoms with Gasteiger partial charge in [-0.15, -0.1) is 0 Å². The Morgan fingerprint density at radius 2 is 2.00 bits per heavy atom. The Morgan fingerprint density at radius 3 is 2.53 bits per heavy atom. The van der Waals surface area contributed by atoms with Crippen molar-refractivity contribution in [1.82, 2.24) is 5.32 Å². The molecular weight excluding hydrogens is 363 g/mol. The van der Waals surface area contributed by atoms with Crippen LogP contribution in [0.3, 0.4) is 0 Å². The third-order valence-corrected chi connectivity index (χ3v) is 3.04. The van der Waals surface area contributed by atoms with Crippen LogP contribution in [-0.2, 0) is 9.53 Å². The van der Waals surface area contributed by atoms with Crippen LogP contribution in [0.4, 0.5) is 10.5 Å². The number of nitrogens with one attached hydrogen (secondary N) is 2. The molecule has 19 heavy (non-hydrogen) atoms. The van der Waals surface area contributed by atoms with Crippen molar-refractivity contribution in [3.63, 3.8) is 0 Å². The summed E-state index contributed by atoms with van der Waals surface area (Å²) in [7, 11) is 1.48. The van der Waals surface area contributed by atoms with E-state index in [0.29, 0.717) is 5.69 Å². The minimum Gasteiger partial charge on any atom is -0.480 e. The summed E-state index contributed by atoms with van der Waals surface area (Å²) in [5.74, 6) is -1.09. The summed E-state index contributed by atoms with van der Waals surface area (Å²) in [6, 6.07) is 5.65. The van der Waals surface area contributed by atoms with E-state index in [0.717, 1.165) is 3.57 Å². The molecule has 0 fully saturated rings. The first kappa shape index (κ1) is 15.7. The number of ether oxygens (including phenoxy) is 1. The van der Waals surface area contributed by atoms with Crippen LogP contribution in [0, 0.1) is 3.57 Å². The second-order valence-electron chi connectivity index (χ2n) is 3.78. The molecule has 2 amide bonds. The van der Waals surface area contributed by atoms with Crippen molar-refractivity contribution in [2.45, 2.75) is 12.5 Å². The number of aliphatic carboxylic acids is 1. The molecule has 1 rings (SSSR count). The van der Waals surface area contributed by atoms with Gasteiger partial charge in [0.05, 0.1) is 0 Å². The van der Waals surface area contributed by atoms with Crippen molar-refractivity contribution in [1.29, 1.82) is 0 Å². The topological polar surface area (TPSA) is 87.7 Å². The van der Waals surface area contributed by atoms with Crippen LogP contribution in [0.2, 0.25) is 0 Å². The van der Waals surface area contributed by atoms with Crippen LogP contribution in [0.1, 0.15) is 6.42 Å². The van der Waals surface area contributed by atoms with Crippen molar-refractivity contribution in [2.75, 3.05) is 19.0 Å². The minimum atomic E-state index is -1.09. The Balaban J connectivity index is 2.52. The lowest BCUT2D eigenvalue weighted by Gasteiger charge is -2.14. The number of benzene rings is 1. The number of rotatable bonds is 6. The first-order chi connectivity index (χ1) is 9.02. The quantitative estimate of drug-likeness (QED) is 0.660. The average molecular weight is 378 g/mol. The van der Waals surface area contributed by atoms with Gasteiger partial charge in [-0.25, -0.2) is 9.59 Å². The molecule has 1 unspecified atom stereocenters. The van der Waals surface area contributed by atoms with E-state index in [9.17, 15) is 9.59 Å². The van der Waals surface area contributed by atoms with E-state index < -0.39 is 18.0 Å². The molecule has 0 radical (unpaired) electrons. The summed E-state index contributed by atoms with van der Waals surface area (Å²) in [6.45, 7) is 0.265. The van der Waals surface area contributed by atoms with E-state index in [-0.39, 0.29) is 13.0 Å². The van der Waals surface area contributed by atoms with Gasteiger partial charge in [-0.2, -0.15) is 0 Å². The van der Waals surface area contributed by atoms with Gasteiger partial charge in [0, 0.05) is 29.4 Å². The second-order valence-corrected chi connectivity index (χ2v) is 5.02. The molecule has 3 N–H and O–H groups in total. The molecule has 0 aliphatic rings. The number of carboxylic acids is 1. The Bertz CT molecular complexity index is 436. The lowest BCUT2D eigenvalue weighted by molar-refractivity contribution is -0.139. The summed E-state index contributed by atoms with van der Waals surface area (Å²) in [5, 5.41) is 13.9. The predicted octanol–water partition coefficient (Wildman–Crippen LogP) is 1.90. The molecule has 0 aliphatic heterocycles. The highest BCUT2D eigenvalue weighted by Crippen LogP contribution is 2.10. The molecule has 0 heterocycles. The molecule has 0 bridgehead atoms. The largest absolute Gasteiger partial charge is 0.480 e. The molecule has 1 aromatic carbocycles. The van der Waals surface area contributed by atoms with Crippen molar-refractivity contribution < 1.29 is 19.4 Å². The number of halogens is 1. The number of anilines is 1. The number of urea groups is 1. The van der Waals surface area contributed by atoms with Crippen molar-refractivity contribution in [3.05, 3.63) is 27.8 Å². The van der Waals surface area contributed by atoms with Gasteiger partial charge in [0.2, 0.25) is 0 Å². The molecule has 0 saturated heterocycles. The van der Waals surface area contributed by atoms with Gasteiger partial charge in [0.25, 0.3) is 0 Å². The maximum atomic E-state index is 11.6. The first-order valence-corrected chi connectivity index (χ1v) is 6.65. The van der Waals surface area contributed by atoms with E-state index in [2.05, 4.69) is 33.2 Å². The first-order valence-electron chi connectivity index (χ1n) is 5.57. The molecule has 0 spiro atoms. The summed E-state index contributed by atoms with van der Waals surface area (Å²) >= 11 is 2.15. The standard InChI is InChI=1S/C12H15IN2O4/c1-19-7-6-10(11(16)17)15-12(18)14-9-4-2-8(13)3-5-9/h2-5,10H,6-7H2,1H3,(H,16,17)(H2,14,15,18). The van der Waals surface area contributed by atoms with Crippen molar-refractivity contribution in [3.8, 4) is 0 Å². The zero-order valence-corrected chi connectivity index (χ0v) is 12.5. The Labute approximate surface area is 124 Å². The van der Waals surface area contributed by atoms with Crippen LogP contribution >= 0.6 is 22.6 Å². The van der Waals surface area contributed by atoms with E-state index in [1.54, 1.807) is 12.1 Å². The van der Waals surface area contributed by atoms with Gasteiger partial charge in [-0.05, 0) is 46.9 Å². The smallest absolute Gasteiger partial charge is 0.326 e. The van der Waals surface area contributed by atoms with E-state index in [1.807, 2.05) is 12.1 Å². The molecular formula is C12H15IN2O4. The van der Waals surface area contributed by atoms with Crippen LogP contribution in [0.15, 0.2) is 24.3 Å². The average Bonchev–Trinajstić information content (AvgIpc) is 2.37. The molecule has 0 saturated carbocycles. The van der Waals surface area contributed by atoms with Crippen LogP contribution in [0.5, 0.6) is 0 Å². The highest BCUT2D eigenvalue weighted by Gasteiger charge is 2.19. The van der Waals surface area contributed by atoms with Crippen molar-refractivity contribution >= 4 is 40.3 Å². The second kappa shape index (κ2) is 7.95. The molecule has 1 aromatic rings. The van der Waals surface area contributed by atoms with Crippen LogP contribution in [-0.4, -0.2) is 36.9 Å². The van der Waals surface area contributed by atoms with Crippen LogP contribution in [0.25, 0.3) is 0 Å². The van der Waals surface area contributed by atoms with Gasteiger partial charge in [0.15, 0.2) is 0 Å². The molecule has 7 heteroatoms. The predicted molar refractivity (Wildman–Crippen MR) is 79.2 cm³/mol. The van der Waals surface area contributed by atoms with Gasteiger partial charge >= 0.3 is 12.0 Å². The van der Waals surface area contributed by atoms with E-state index >= 15 is 0 Å². The molecule has 0 aliphatic carbocycles. The number of carbonyl (C=O) groups excluding carboxylic acids is 1. The maximum Gasteiger partial charge on any atom is 0.326 e. The highest BCUT2D eigenvalue weighted by molar-refractivity contribution is 14.1. The molecule has 6 nitrogen and oxygen atoms in total. The lowest BCUT2D eigenvalue weighted by atomic mass is 10.2. The SMILES string of the molecule is COCCC(NC(=O)Nc1ccc(I)cc1)C(=O)O. The maximum absolute atomic E-state index is 11.6.